The van der Waals surface area contributed by atoms with Crippen LogP contribution in [0.3, 0.4) is 0 Å². The minimum absolute atomic E-state index is 0.390. The Bertz CT molecular complexity index is 530. The van der Waals surface area contributed by atoms with Gasteiger partial charge in [0.2, 0.25) is 0 Å². The highest BCUT2D eigenvalue weighted by atomic mass is 14.9. The Labute approximate surface area is 113 Å². The van der Waals surface area contributed by atoms with Crippen LogP contribution in [-0.4, -0.2) is 33.5 Å². The number of nitrogens with one attached hydrogen (secondary N) is 1. The molecule has 2 heterocycles. The van der Waals surface area contributed by atoms with Crippen LogP contribution in [0.1, 0.15) is 29.8 Å². The van der Waals surface area contributed by atoms with Crippen molar-refractivity contribution in [3.63, 3.8) is 0 Å². The molecular formula is C14H19N5. The smallest absolute Gasteiger partial charge is 0.180 e. The van der Waals surface area contributed by atoms with E-state index in [0.717, 1.165) is 17.9 Å². The van der Waals surface area contributed by atoms with Gasteiger partial charge in [0.1, 0.15) is 5.69 Å². The third kappa shape index (κ3) is 2.93. The third-order valence-electron chi connectivity index (χ3n) is 3.12. The summed E-state index contributed by atoms with van der Waals surface area (Å²) in [6, 6.07) is 0. The van der Waals surface area contributed by atoms with Crippen molar-refractivity contribution in [1.29, 1.82) is 0 Å². The number of rotatable bonds is 4. The molecule has 100 valence electrons. The zero-order chi connectivity index (χ0) is 13.8. The normalized spacial score (nSPS) is 12.4. The summed E-state index contributed by atoms with van der Waals surface area (Å²) in [5, 5.41) is 3.19. The van der Waals surface area contributed by atoms with Crippen LogP contribution in [0.25, 0.3) is 11.5 Å². The first-order valence-corrected chi connectivity index (χ1v) is 6.39. The molecule has 0 saturated heterocycles. The summed E-state index contributed by atoms with van der Waals surface area (Å²) in [5.41, 5.74) is 3.94. The van der Waals surface area contributed by atoms with Gasteiger partial charge in [0.25, 0.3) is 0 Å². The molecule has 0 bridgehead atoms. The lowest BCUT2D eigenvalue weighted by Crippen LogP contribution is -2.17. The van der Waals surface area contributed by atoms with Crippen LogP contribution in [0.2, 0.25) is 0 Å². The van der Waals surface area contributed by atoms with E-state index in [0.29, 0.717) is 17.4 Å². The van der Waals surface area contributed by atoms with E-state index < -0.39 is 0 Å². The van der Waals surface area contributed by atoms with Crippen molar-refractivity contribution in [2.75, 3.05) is 13.6 Å². The maximum atomic E-state index is 4.57. The molecule has 1 atom stereocenters. The quantitative estimate of drug-likeness (QED) is 0.906. The van der Waals surface area contributed by atoms with Gasteiger partial charge in [0, 0.05) is 30.3 Å². The van der Waals surface area contributed by atoms with Crippen LogP contribution >= 0.6 is 0 Å². The fourth-order valence-corrected chi connectivity index (χ4v) is 2.38. The molecule has 2 rings (SSSR count). The fraction of sp³-hybridized carbons (Fsp3) is 0.429. The molecule has 2 aromatic rings. The van der Waals surface area contributed by atoms with Gasteiger partial charge in [-0.05, 0) is 32.4 Å². The Balaban J connectivity index is 2.42. The average molecular weight is 257 g/mol. The predicted octanol–water partition coefficient (Wildman–Crippen LogP) is 1.87. The number of hydrogen-bond acceptors (Lipinski definition) is 5. The number of likely N-dealkylation sites (N-methyl/N-ethyl adjacent to an activating group) is 1. The zero-order valence-corrected chi connectivity index (χ0v) is 11.8. The Morgan fingerprint density at radius 1 is 1.16 bits per heavy atom. The van der Waals surface area contributed by atoms with E-state index in [4.69, 9.17) is 0 Å². The van der Waals surface area contributed by atoms with E-state index in [1.165, 1.54) is 5.56 Å². The topological polar surface area (TPSA) is 63.6 Å². The van der Waals surface area contributed by atoms with E-state index >= 15 is 0 Å². The summed E-state index contributed by atoms with van der Waals surface area (Å²) < 4.78 is 0. The lowest BCUT2D eigenvalue weighted by atomic mass is 9.98. The molecule has 0 spiro atoms. The molecule has 1 N–H and O–H groups in total. The Morgan fingerprint density at radius 3 is 2.37 bits per heavy atom. The van der Waals surface area contributed by atoms with Crippen LogP contribution in [0, 0.1) is 13.8 Å². The third-order valence-corrected chi connectivity index (χ3v) is 3.12. The van der Waals surface area contributed by atoms with E-state index in [1.807, 2.05) is 20.9 Å². The van der Waals surface area contributed by atoms with Gasteiger partial charge in [-0.2, -0.15) is 0 Å². The maximum Gasteiger partial charge on any atom is 0.180 e. The second kappa shape index (κ2) is 5.84. The van der Waals surface area contributed by atoms with Crippen molar-refractivity contribution in [3.05, 3.63) is 35.5 Å². The predicted molar refractivity (Wildman–Crippen MR) is 74.9 cm³/mol. The van der Waals surface area contributed by atoms with Gasteiger partial charge in [-0.15, -0.1) is 0 Å². The maximum absolute atomic E-state index is 4.57. The lowest BCUT2D eigenvalue weighted by molar-refractivity contribution is 0.662. The number of aryl methyl sites for hydroxylation is 2. The molecule has 0 aliphatic heterocycles. The molecule has 0 radical (unpaired) electrons. The minimum atomic E-state index is 0.390. The van der Waals surface area contributed by atoms with Gasteiger partial charge in [-0.1, -0.05) is 6.92 Å². The molecule has 1 unspecified atom stereocenters. The van der Waals surface area contributed by atoms with E-state index in [-0.39, 0.29) is 0 Å². The summed E-state index contributed by atoms with van der Waals surface area (Å²) >= 11 is 0. The first-order chi connectivity index (χ1) is 9.13. The molecule has 0 fully saturated rings. The molecule has 0 aliphatic rings. The van der Waals surface area contributed by atoms with Crippen LogP contribution in [0.4, 0.5) is 0 Å². The highest BCUT2D eigenvalue weighted by Gasteiger charge is 2.15. The zero-order valence-electron chi connectivity index (χ0n) is 11.8. The van der Waals surface area contributed by atoms with E-state index in [9.17, 15) is 0 Å². The summed E-state index contributed by atoms with van der Waals surface area (Å²) in [4.78, 5) is 17.4. The number of hydrogen-bond donors (Lipinski definition) is 1. The van der Waals surface area contributed by atoms with Gasteiger partial charge < -0.3 is 5.32 Å². The fourth-order valence-electron chi connectivity index (χ4n) is 2.38. The standard InChI is InChI=1S/C14H19N5/c1-9(7-15-4)13-10(2)18-14(19-11(13)3)12-8-16-5-6-17-12/h5-6,8-9,15H,7H2,1-4H3. The van der Waals surface area contributed by atoms with E-state index in [2.05, 4.69) is 32.2 Å². The summed E-state index contributed by atoms with van der Waals surface area (Å²) in [7, 11) is 1.95. The molecule has 5 heteroatoms. The van der Waals surface area contributed by atoms with Crippen LogP contribution < -0.4 is 5.32 Å². The van der Waals surface area contributed by atoms with Gasteiger partial charge in [0.15, 0.2) is 5.82 Å². The van der Waals surface area contributed by atoms with Gasteiger partial charge in [-0.25, -0.2) is 15.0 Å². The Morgan fingerprint density at radius 2 is 1.84 bits per heavy atom. The molecule has 0 saturated carbocycles. The molecule has 0 aromatic carbocycles. The summed E-state index contributed by atoms with van der Waals surface area (Å²) in [6.45, 7) is 7.14. The largest absolute Gasteiger partial charge is 0.319 e. The highest BCUT2D eigenvalue weighted by molar-refractivity contribution is 5.49. The minimum Gasteiger partial charge on any atom is -0.319 e. The monoisotopic (exact) mass is 257 g/mol. The molecule has 0 amide bonds. The first-order valence-electron chi connectivity index (χ1n) is 6.39. The summed E-state index contributed by atoms with van der Waals surface area (Å²) in [6.07, 6.45) is 4.98. The van der Waals surface area contributed by atoms with Crippen molar-refractivity contribution in [3.8, 4) is 11.5 Å². The van der Waals surface area contributed by atoms with E-state index in [1.54, 1.807) is 18.6 Å². The number of nitrogens with zero attached hydrogens (tertiary/aromatic N) is 4. The van der Waals surface area contributed by atoms with Crippen molar-refractivity contribution in [2.24, 2.45) is 0 Å². The van der Waals surface area contributed by atoms with Crippen molar-refractivity contribution < 1.29 is 0 Å². The lowest BCUT2D eigenvalue weighted by Gasteiger charge is -2.16. The molecule has 0 aliphatic carbocycles. The van der Waals surface area contributed by atoms with Crippen LogP contribution in [0.5, 0.6) is 0 Å². The van der Waals surface area contributed by atoms with Gasteiger partial charge >= 0.3 is 0 Å². The van der Waals surface area contributed by atoms with Gasteiger partial charge in [-0.3, -0.25) is 4.98 Å². The molecular weight excluding hydrogens is 238 g/mol. The highest BCUT2D eigenvalue weighted by Crippen LogP contribution is 2.23. The van der Waals surface area contributed by atoms with Crippen molar-refractivity contribution in [1.82, 2.24) is 25.3 Å². The molecule has 19 heavy (non-hydrogen) atoms. The summed E-state index contributed by atoms with van der Waals surface area (Å²) in [5.74, 6) is 1.03. The van der Waals surface area contributed by atoms with Crippen molar-refractivity contribution >= 4 is 0 Å². The Hall–Kier alpha value is -1.88. The van der Waals surface area contributed by atoms with Crippen LogP contribution in [-0.2, 0) is 0 Å². The second-order valence-corrected chi connectivity index (χ2v) is 4.68. The van der Waals surface area contributed by atoms with Crippen LogP contribution in [0.15, 0.2) is 18.6 Å². The molecule has 2 aromatic heterocycles. The second-order valence-electron chi connectivity index (χ2n) is 4.68. The average Bonchev–Trinajstić information content (AvgIpc) is 2.39. The number of aromatic nitrogens is 4. The first kappa shape index (κ1) is 13.5. The SMILES string of the molecule is CNCC(C)c1c(C)nc(-c2cnccn2)nc1C. The van der Waals surface area contributed by atoms with Crippen molar-refractivity contribution in [2.45, 2.75) is 26.7 Å². The van der Waals surface area contributed by atoms with Gasteiger partial charge in [0.05, 0.1) is 6.20 Å². The molecule has 5 nitrogen and oxygen atoms in total. The Kier molecular flexibility index (Phi) is 4.16.